The number of carboxylic acid groups (broad SMARTS) is 1. The van der Waals surface area contributed by atoms with Gasteiger partial charge in [-0.15, -0.1) is 16.4 Å². The molecule has 3 heterocycles. The Morgan fingerprint density at radius 2 is 2.36 bits per heavy atom. The van der Waals surface area contributed by atoms with E-state index >= 15 is 0 Å². The van der Waals surface area contributed by atoms with Gasteiger partial charge in [0.15, 0.2) is 11.8 Å². The van der Waals surface area contributed by atoms with Crippen LogP contribution in [0.5, 0.6) is 0 Å². The number of nitrogens with zero attached hydrogens (tertiary/aromatic N) is 4. The van der Waals surface area contributed by atoms with Gasteiger partial charge in [0.1, 0.15) is 0 Å². The number of carbonyl (C=O) groups is 2. The molecule has 2 aromatic rings. The maximum absolute atomic E-state index is 12.3. The monoisotopic (exact) mass is 322 g/mol. The van der Waals surface area contributed by atoms with E-state index in [1.807, 2.05) is 17.5 Å². The van der Waals surface area contributed by atoms with E-state index < -0.39 is 12.1 Å². The van der Waals surface area contributed by atoms with Gasteiger partial charge in [-0.2, -0.15) is 0 Å². The first kappa shape index (κ1) is 14.7. The van der Waals surface area contributed by atoms with Crippen molar-refractivity contribution in [3.8, 4) is 0 Å². The molecule has 1 fully saturated rings. The Hall–Kier alpha value is -2.26. The molecule has 0 spiro atoms. The molecule has 9 heteroatoms. The van der Waals surface area contributed by atoms with E-state index in [2.05, 4.69) is 10.3 Å². The molecule has 116 valence electrons. The average molecular weight is 322 g/mol. The van der Waals surface area contributed by atoms with E-state index in [4.69, 9.17) is 9.84 Å². The van der Waals surface area contributed by atoms with Crippen LogP contribution in [0.3, 0.4) is 0 Å². The topological polar surface area (TPSA) is 97.6 Å². The molecule has 1 saturated heterocycles. The number of aliphatic carboxylic acids is 1. The molecule has 1 aliphatic heterocycles. The minimum Gasteiger partial charge on any atom is -0.479 e. The summed E-state index contributed by atoms with van der Waals surface area (Å²) in [5.41, 5.74) is 0.211. The lowest BCUT2D eigenvalue weighted by atomic mass is 10.2. The van der Waals surface area contributed by atoms with Crippen molar-refractivity contribution in [2.24, 2.45) is 0 Å². The van der Waals surface area contributed by atoms with E-state index in [9.17, 15) is 9.59 Å². The van der Waals surface area contributed by atoms with E-state index in [0.29, 0.717) is 13.1 Å². The zero-order chi connectivity index (χ0) is 15.5. The molecule has 0 aromatic carbocycles. The zero-order valence-electron chi connectivity index (χ0n) is 11.6. The number of hydrogen-bond donors (Lipinski definition) is 1. The van der Waals surface area contributed by atoms with Crippen LogP contribution in [0.25, 0.3) is 0 Å². The van der Waals surface area contributed by atoms with Gasteiger partial charge in [-0.05, 0) is 11.4 Å². The first-order chi connectivity index (χ1) is 10.6. The normalized spacial score (nSPS) is 18.4. The lowest BCUT2D eigenvalue weighted by Gasteiger charge is -2.30. The van der Waals surface area contributed by atoms with Crippen LogP contribution in [0.15, 0.2) is 23.7 Å². The summed E-state index contributed by atoms with van der Waals surface area (Å²) in [4.78, 5) is 25.8. The molecule has 1 aliphatic rings. The molecular weight excluding hydrogens is 308 g/mol. The molecule has 0 bridgehead atoms. The highest BCUT2D eigenvalue weighted by molar-refractivity contribution is 7.09. The predicted molar refractivity (Wildman–Crippen MR) is 76.7 cm³/mol. The van der Waals surface area contributed by atoms with E-state index in [1.165, 1.54) is 4.90 Å². The maximum atomic E-state index is 12.3. The predicted octanol–water partition coefficient (Wildman–Crippen LogP) is 0.313. The van der Waals surface area contributed by atoms with Crippen LogP contribution in [0.2, 0.25) is 0 Å². The van der Waals surface area contributed by atoms with Gasteiger partial charge >= 0.3 is 5.97 Å². The number of amides is 1. The van der Waals surface area contributed by atoms with Gasteiger partial charge in [-0.1, -0.05) is 11.3 Å². The summed E-state index contributed by atoms with van der Waals surface area (Å²) in [5.74, 6) is -1.40. The van der Waals surface area contributed by atoms with Gasteiger partial charge in [-0.3, -0.25) is 4.79 Å². The average Bonchev–Trinajstić information content (AvgIpc) is 3.19. The number of rotatable bonds is 4. The Morgan fingerprint density at radius 3 is 3.09 bits per heavy atom. The van der Waals surface area contributed by atoms with Crippen molar-refractivity contribution in [3.05, 3.63) is 34.3 Å². The van der Waals surface area contributed by atoms with Gasteiger partial charge < -0.3 is 14.7 Å². The third-order valence-electron chi connectivity index (χ3n) is 3.28. The van der Waals surface area contributed by atoms with Gasteiger partial charge in [0.2, 0.25) is 0 Å². The molecule has 1 N–H and O–H groups in total. The minimum atomic E-state index is -1.07. The maximum Gasteiger partial charge on any atom is 0.334 e. The van der Waals surface area contributed by atoms with E-state index in [0.717, 1.165) is 4.88 Å². The summed E-state index contributed by atoms with van der Waals surface area (Å²) in [5, 5.41) is 18.8. The molecular formula is C13H14N4O4S. The fourth-order valence-electron chi connectivity index (χ4n) is 2.18. The summed E-state index contributed by atoms with van der Waals surface area (Å²) in [7, 11) is 0. The zero-order valence-corrected chi connectivity index (χ0v) is 12.4. The number of morpholine rings is 1. The first-order valence-corrected chi connectivity index (χ1v) is 7.57. The number of hydrogen-bond acceptors (Lipinski definition) is 6. The Kier molecular flexibility index (Phi) is 4.16. The van der Waals surface area contributed by atoms with Gasteiger partial charge in [0, 0.05) is 11.4 Å². The summed E-state index contributed by atoms with van der Waals surface area (Å²) in [6.45, 7) is 1.12. The molecule has 22 heavy (non-hydrogen) atoms. The highest BCUT2D eigenvalue weighted by atomic mass is 32.1. The van der Waals surface area contributed by atoms with Crippen LogP contribution in [-0.2, 0) is 16.1 Å². The Balaban J connectivity index is 1.67. The van der Waals surface area contributed by atoms with Crippen molar-refractivity contribution in [3.63, 3.8) is 0 Å². The molecule has 8 nitrogen and oxygen atoms in total. The lowest BCUT2D eigenvalue weighted by molar-refractivity contribution is -0.154. The second-order valence-electron chi connectivity index (χ2n) is 4.83. The SMILES string of the molecule is O=C(O)[C@@H]1CN(C(=O)c2cn(Cc3cccs3)nn2)CCO1. The molecule has 3 rings (SSSR count). The van der Waals surface area contributed by atoms with Crippen LogP contribution < -0.4 is 0 Å². The minimum absolute atomic E-state index is 0.0198. The lowest BCUT2D eigenvalue weighted by Crippen LogP contribution is -2.48. The number of carbonyl (C=O) groups excluding carboxylic acids is 1. The smallest absolute Gasteiger partial charge is 0.334 e. The molecule has 0 aliphatic carbocycles. The number of thiophene rings is 1. The fraction of sp³-hybridized carbons (Fsp3) is 0.385. The molecule has 2 aromatic heterocycles. The van der Waals surface area contributed by atoms with Crippen molar-refractivity contribution < 1.29 is 19.4 Å². The van der Waals surface area contributed by atoms with Crippen molar-refractivity contribution in [1.29, 1.82) is 0 Å². The fourth-order valence-corrected chi connectivity index (χ4v) is 2.88. The Bertz CT molecular complexity index is 669. The van der Waals surface area contributed by atoms with Crippen LogP contribution in [0.1, 0.15) is 15.4 Å². The highest BCUT2D eigenvalue weighted by Crippen LogP contribution is 2.12. The number of carboxylic acids is 1. The Morgan fingerprint density at radius 1 is 1.50 bits per heavy atom. The van der Waals surface area contributed by atoms with Crippen LogP contribution in [0.4, 0.5) is 0 Å². The molecule has 0 unspecified atom stereocenters. The Labute approximate surface area is 129 Å². The second-order valence-corrected chi connectivity index (χ2v) is 5.86. The summed E-state index contributed by atoms with van der Waals surface area (Å²) in [6, 6.07) is 3.93. The quantitative estimate of drug-likeness (QED) is 0.870. The largest absolute Gasteiger partial charge is 0.479 e. The second kappa shape index (κ2) is 6.24. The van der Waals surface area contributed by atoms with Crippen molar-refractivity contribution in [2.75, 3.05) is 19.7 Å². The molecule has 0 saturated carbocycles. The van der Waals surface area contributed by atoms with Crippen LogP contribution >= 0.6 is 11.3 Å². The number of ether oxygens (including phenoxy) is 1. The standard InChI is InChI=1S/C13H14N4O4S/c18-12(16-3-4-21-11(8-16)13(19)20)10-7-17(15-14-10)6-9-2-1-5-22-9/h1-2,5,7,11H,3-4,6,8H2,(H,19,20)/t11-/m0/s1. The van der Waals surface area contributed by atoms with Crippen LogP contribution in [-0.4, -0.2) is 62.7 Å². The first-order valence-electron chi connectivity index (χ1n) is 6.69. The van der Waals surface area contributed by atoms with Crippen molar-refractivity contribution in [1.82, 2.24) is 19.9 Å². The van der Waals surface area contributed by atoms with E-state index in [1.54, 1.807) is 22.2 Å². The van der Waals surface area contributed by atoms with Gasteiger partial charge in [0.05, 0.1) is 25.9 Å². The summed E-state index contributed by atoms with van der Waals surface area (Å²) in [6.07, 6.45) is 0.590. The van der Waals surface area contributed by atoms with Crippen molar-refractivity contribution in [2.45, 2.75) is 12.6 Å². The molecule has 0 radical (unpaired) electrons. The van der Waals surface area contributed by atoms with Gasteiger partial charge in [0.25, 0.3) is 5.91 Å². The van der Waals surface area contributed by atoms with Gasteiger partial charge in [-0.25, -0.2) is 9.48 Å². The third-order valence-corrected chi connectivity index (χ3v) is 4.15. The highest BCUT2D eigenvalue weighted by Gasteiger charge is 2.30. The molecule has 1 amide bonds. The van der Waals surface area contributed by atoms with Crippen molar-refractivity contribution >= 4 is 23.2 Å². The third kappa shape index (κ3) is 3.15. The summed E-state index contributed by atoms with van der Waals surface area (Å²) >= 11 is 1.60. The number of aromatic nitrogens is 3. The van der Waals surface area contributed by atoms with E-state index in [-0.39, 0.29) is 24.8 Å². The van der Waals surface area contributed by atoms with Crippen LogP contribution in [0, 0.1) is 0 Å². The molecule has 1 atom stereocenters. The summed E-state index contributed by atoms with van der Waals surface area (Å²) < 4.78 is 6.69.